The van der Waals surface area contributed by atoms with Gasteiger partial charge in [-0.3, -0.25) is 20.2 Å². The largest absolute Gasteiger partial charge is 0.379 e. The highest BCUT2D eigenvalue weighted by atomic mass is 19.1. The van der Waals surface area contributed by atoms with Crippen molar-refractivity contribution in [3.8, 4) is 0 Å². The summed E-state index contributed by atoms with van der Waals surface area (Å²) in [6.45, 7) is 2.14. The van der Waals surface area contributed by atoms with E-state index in [1.165, 1.54) is 23.7 Å². The summed E-state index contributed by atoms with van der Waals surface area (Å²) in [6, 6.07) is 13.1. The Morgan fingerprint density at radius 3 is 2.37 bits per heavy atom. The standard InChI is InChI=1S/C22H22FN3O4/c23-20-4-2-1-3-18(20)19(22(28)24-26-11-13-30-14-12-26)15-17-7-5-16(6-8-17)9-10-21(27)25-29/h1-10,15,29H,11-14H2,(H,24,28)(H,25,27)/b10-9+,19-15?. The SMILES string of the molecule is O=C(/C=C/c1ccc(C=C(C(=O)NN2CCOCC2)c2ccccc2F)cc1)NO. The fraction of sp³-hybridized carbons (Fsp3) is 0.182. The van der Waals surface area contributed by atoms with Crippen molar-refractivity contribution in [3.63, 3.8) is 0 Å². The van der Waals surface area contributed by atoms with Crippen molar-refractivity contribution in [2.24, 2.45) is 0 Å². The lowest BCUT2D eigenvalue weighted by Crippen LogP contribution is -2.48. The Kier molecular flexibility index (Phi) is 7.45. The van der Waals surface area contributed by atoms with E-state index in [1.807, 2.05) is 0 Å². The predicted molar refractivity (Wildman–Crippen MR) is 110 cm³/mol. The van der Waals surface area contributed by atoms with Gasteiger partial charge in [0.05, 0.1) is 18.8 Å². The second kappa shape index (κ2) is 10.4. The average molecular weight is 411 g/mol. The van der Waals surface area contributed by atoms with Crippen LogP contribution in [-0.4, -0.2) is 48.3 Å². The summed E-state index contributed by atoms with van der Waals surface area (Å²) in [5.74, 6) is -1.54. The highest BCUT2D eigenvalue weighted by Crippen LogP contribution is 2.22. The van der Waals surface area contributed by atoms with E-state index < -0.39 is 17.6 Å². The first-order valence-electron chi connectivity index (χ1n) is 9.39. The molecule has 2 amide bonds. The van der Waals surface area contributed by atoms with Crippen LogP contribution in [-0.2, 0) is 14.3 Å². The van der Waals surface area contributed by atoms with Crippen LogP contribution < -0.4 is 10.9 Å². The first kappa shape index (κ1) is 21.4. The fourth-order valence-corrected chi connectivity index (χ4v) is 2.90. The maximum Gasteiger partial charge on any atom is 0.267 e. The molecular weight excluding hydrogens is 389 g/mol. The Labute approximate surface area is 173 Å². The van der Waals surface area contributed by atoms with E-state index in [9.17, 15) is 14.0 Å². The first-order chi connectivity index (χ1) is 14.6. The number of amides is 2. The van der Waals surface area contributed by atoms with Gasteiger partial charge >= 0.3 is 0 Å². The number of halogens is 1. The highest BCUT2D eigenvalue weighted by molar-refractivity contribution is 6.24. The Bertz CT molecular complexity index is 951. The molecule has 0 aromatic heterocycles. The molecule has 1 aliphatic heterocycles. The van der Waals surface area contributed by atoms with Gasteiger partial charge in [0, 0.05) is 24.7 Å². The molecule has 7 nitrogen and oxygen atoms in total. The maximum atomic E-state index is 14.4. The molecule has 1 aliphatic rings. The number of rotatable bonds is 6. The van der Waals surface area contributed by atoms with Crippen LogP contribution in [0.5, 0.6) is 0 Å². The van der Waals surface area contributed by atoms with Gasteiger partial charge in [-0.25, -0.2) is 14.9 Å². The van der Waals surface area contributed by atoms with Crippen LogP contribution in [0.25, 0.3) is 17.7 Å². The molecule has 2 aromatic carbocycles. The van der Waals surface area contributed by atoms with Crippen molar-refractivity contribution >= 4 is 29.5 Å². The van der Waals surface area contributed by atoms with Gasteiger partial charge in [-0.1, -0.05) is 42.5 Å². The maximum absolute atomic E-state index is 14.4. The van der Waals surface area contributed by atoms with Crippen molar-refractivity contribution in [2.75, 3.05) is 26.3 Å². The summed E-state index contributed by atoms with van der Waals surface area (Å²) < 4.78 is 19.7. The Hall–Kier alpha value is -3.33. The molecule has 0 unspecified atom stereocenters. The number of hydrogen-bond donors (Lipinski definition) is 3. The summed E-state index contributed by atoms with van der Waals surface area (Å²) in [6.07, 6.45) is 4.33. The summed E-state index contributed by atoms with van der Waals surface area (Å²) >= 11 is 0. The molecule has 0 aliphatic carbocycles. The van der Waals surface area contributed by atoms with Crippen LogP contribution in [0.4, 0.5) is 4.39 Å². The minimum Gasteiger partial charge on any atom is -0.379 e. The van der Waals surface area contributed by atoms with E-state index in [1.54, 1.807) is 53.5 Å². The number of benzene rings is 2. The lowest BCUT2D eigenvalue weighted by molar-refractivity contribution is -0.124. The third kappa shape index (κ3) is 5.84. The molecule has 1 fully saturated rings. The van der Waals surface area contributed by atoms with Crippen molar-refractivity contribution in [3.05, 3.63) is 77.1 Å². The number of ether oxygens (including phenoxy) is 1. The molecule has 2 aromatic rings. The monoisotopic (exact) mass is 411 g/mol. The number of carbonyl (C=O) groups is 2. The van der Waals surface area contributed by atoms with Crippen LogP contribution in [0.15, 0.2) is 54.6 Å². The quantitative estimate of drug-likeness (QED) is 0.294. The van der Waals surface area contributed by atoms with Crippen LogP contribution in [0.2, 0.25) is 0 Å². The van der Waals surface area contributed by atoms with E-state index >= 15 is 0 Å². The van der Waals surface area contributed by atoms with Crippen molar-refractivity contribution in [2.45, 2.75) is 0 Å². The van der Waals surface area contributed by atoms with Gasteiger partial charge in [0.15, 0.2) is 0 Å². The van der Waals surface area contributed by atoms with E-state index in [0.717, 1.165) is 5.56 Å². The minimum atomic E-state index is -0.638. The molecule has 8 heteroatoms. The Morgan fingerprint density at radius 1 is 1.03 bits per heavy atom. The van der Waals surface area contributed by atoms with Crippen LogP contribution >= 0.6 is 0 Å². The Morgan fingerprint density at radius 2 is 1.70 bits per heavy atom. The molecule has 3 N–H and O–H groups in total. The number of hydrazine groups is 1. The van der Waals surface area contributed by atoms with E-state index in [-0.39, 0.29) is 11.1 Å². The number of morpholine rings is 1. The zero-order chi connectivity index (χ0) is 21.3. The summed E-state index contributed by atoms with van der Waals surface area (Å²) in [7, 11) is 0. The summed E-state index contributed by atoms with van der Waals surface area (Å²) in [5.41, 5.74) is 6.14. The first-order valence-corrected chi connectivity index (χ1v) is 9.39. The number of hydrogen-bond acceptors (Lipinski definition) is 5. The topological polar surface area (TPSA) is 90.9 Å². The van der Waals surface area contributed by atoms with Gasteiger partial charge in [-0.2, -0.15) is 0 Å². The number of hydroxylamine groups is 1. The van der Waals surface area contributed by atoms with E-state index in [0.29, 0.717) is 31.9 Å². The molecule has 1 saturated heterocycles. The summed E-state index contributed by atoms with van der Waals surface area (Å²) in [4.78, 5) is 24.0. The molecule has 0 bridgehead atoms. The second-order valence-electron chi connectivity index (χ2n) is 6.55. The molecule has 1 heterocycles. The molecule has 0 spiro atoms. The number of carbonyl (C=O) groups excluding carboxylic acids is 2. The van der Waals surface area contributed by atoms with Gasteiger partial charge in [-0.15, -0.1) is 0 Å². The molecule has 3 rings (SSSR count). The normalized spacial score (nSPS) is 15.2. The molecular formula is C22H22FN3O4. The average Bonchev–Trinajstić information content (AvgIpc) is 2.78. The van der Waals surface area contributed by atoms with Gasteiger partial charge in [0.2, 0.25) is 0 Å². The molecule has 30 heavy (non-hydrogen) atoms. The van der Waals surface area contributed by atoms with Gasteiger partial charge in [-0.05, 0) is 29.3 Å². The van der Waals surface area contributed by atoms with Crippen molar-refractivity contribution < 1.29 is 23.9 Å². The van der Waals surface area contributed by atoms with Gasteiger partial charge in [0.25, 0.3) is 11.8 Å². The Balaban J connectivity index is 1.86. The molecule has 0 atom stereocenters. The molecule has 0 radical (unpaired) electrons. The van der Waals surface area contributed by atoms with Crippen LogP contribution in [0.1, 0.15) is 16.7 Å². The van der Waals surface area contributed by atoms with Crippen molar-refractivity contribution in [1.82, 2.24) is 15.9 Å². The smallest absolute Gasteiger partial charge is 0.267 e. The van der Waals surface area contributed by atoms with Crippen molar-refractivity contribution in [1.29, 1.82) is 0 Å². The van der Waals surface area contributed by atoms with Crippen LogP contribution in [0, 0.1) is 5.82 Å². The second-order valence-corrected chi connectivity index (χ2v) is 6.55. The summed E-state index contributed by atoms with van der Waals surface area (Å²) in [5, 5.41) is 10.3. The lowest BCUT2D eigenvalue weighted by atomic mass is 10.0. The highest BCUT2D eigenvalue weighted by Gasteiger charge is 2.19. The third-order valence-corrected chi connectivity index (χ3v) is 4.46. The fourth-order valence-electron chi connectivity index (χ4n) is 2.90. The molecule has 156 valence electrons. The van der Waals surface area contributed by atoms with Crippen LogP contribution in [0.3, 0.4) is 0 Å². The predicted octanol–water partition coefficient (Wildman–Crippen LogP) is 2.25. The van der Waals surface area contributed by atoms with E-state index in [4.69, 9.17) is 9.94 Å². The minimum absolute atomic E-state index is 0.197. The third-order valence-electron chi connectivity index (χ3n) is 4.46. The number of nitrogens with zero attached hydrogens (tertiary/aromatic N) is 1. The number of nitrogens with one attached hydrogen (secondary N) is 2. The molecule has 0 saturated carbocycles. The van der Waals surface area contributed by atoms with Gasteiger partial charge < -0.3 is 4.74 Å². The van der Waals surface area contributed by atoms with Gasteiger partial charge in [0.1, 0.15) is 5.82 Å². The zero-order valence-electron chi connectivity index (χ0n) is 16.2. The van der Waals surface area contributed by atoms with E-state index in [2.05, 4.69) is 5.43 Å². The zero-order valence-corrected chi connectivity index (χ0v) is 16.2. The lowest BCUT2D eigenvalue weighted by Gasteiger charge is -2.27.